The number of esters is 1. The van der Waals surface area contributed by atoms with Gasteiger partial charge in [-0.05, 0) is 47.9 Å². The van der Waals surface area contributed by atoms with Gasteiger partial charge in [0.15, 0.2) is 6.10 Å². The number of nitrogens with one attached hydrogen (secondary N) is 1. The molecule has 0 spiro atoms. The third-order valence-electron chi connectivity index (χ3n) is 4.37. The van der Waals surface area contributed by atoms with Gasteiger partial charge in [-0.1, -0.05) is 60.1 Å². The van der Waals surface area contributed by atoms with Crippen molar-refractivity contribution in [2.24, 2.45) is 0 Å². The second-order valence-electron chi connectivity index (χ2n) is 6.39. The first-order valence-electron chi connectivity index (χ1n) is 8.67. The Morgan fingerprint density at radius 1 is 1.04 bits per heavy atom. The Bertz CT molecular complexity index is 1000. The average molecular weight is 382 g/mol. The SMILES string of the molecule is Cc1c(Cl)cccc1NC(=O)[C@@H](C)OC(=O)Cc1ccc2ccccc2c1. The van der Waals surface area contributed by atoms with E-state index >= 15 is 0 Å². The zero-order valence-electron chi connectivity index (χ0n) is 15.2. The van der Waals surface area contributed by atoms with Gasteiger partial charge in [0.2, 0.25) is 0 Å². The van der Waals surface area contributed by atoms with E-state index in [4.69, 9.17) is 16.3 Å². The van der Waals surface area contributed by atoms with Crippen LogP contribution in [0.3, 0.4) is 0 Å². The molecule has 138 valence electrons. The number of benzene rings is 3. The van der Waals surface area contributed by atoms with Gasteiger partial charge in [-0.3, -0.25) is 9.59 Å². The molecule has 0 saturated carbocycles. The number of fused-ring (bicyclic) bond motifs is 1. The fourth-order valence-electron chi connectivity index (χ4n) is 2.79. The lowest BCUT2D eigenvalue weighted by Gasteiger charge is -2.15. The van der Waals surface area contributed by atoms with Gasteiger partial charge in [-0.15, -0.1) is 0 Å². The van der Waals surface area contributed by atoms with Gasteiger partial charge in [0.05, 0.1) is 6.42 Å². The smallest absolute Gasteiger partial charge is 0.311 e. The van der Waals surface area contributed by atoms with Crippen LogP contribution in [0.2, 0.25) is 5.02 Å². The maximum Gasteiger partial charge on any atom is 0.311 e. The van der Waals surface area contributed by atoms with Crippen LogP contribution < -0.4 is 5.32 Å². The van der Waals surface area contributed by atoms with E-state index in [1.54, 1.807) is 25.1 Å². The molecule has 0 aliphatic carbocycles. The third-order valence-corrected chi connectivity index (χ3v) is 4.77. The summed E-state index contributed by atoms with van der Waals surface area (Å²) in [5.41, 5.74) is 2.21. The summed E-state index contributed by atoms with van der Waals surface area (Å²) in [6, 6.07) is 19.0. The van der Waals surface area contributed by atoms with Crippen molar-refractivity contribution in [1.82, 2.24) is 0 Å². The van der Waals surface area contributed by atoms with Crippen molar-refractivity contribution < 1.29 is 14.3 Å². The molecule has 3 aromatic rings. The minimum absolute atomic E-state index is 0.110. The summed E-state index contributed by atoms with van der Waals surface area (Å²) in [5, 5.41) is 5.48. The van der Waals surface area contributed by atoms with E-state index in [2.05, 4.69) is 5.32 Å². The molecule has 3 rings (SSSR count). The van der Waals surface area contributed by atoms with Crippen molar-refractivity contribution in [3.63, 3.8) is 0 Å². The summed E-state index contributed by atoms with van der Waals surface area (Å²) in [7, 11) is 0. The van der Waals surface area contributed by atoms with E-state index in [1.165, 1.54) is 0 Å². The van der Waals surface area contributed by atoms with Crippen LogP contribution in [0.25, 0.3) is 10.8 Å². The molecule has 1 N–H and O–H groups in total. The molecule has 0 unspecified atom stereocenters. The molecule has 1 atom stereocenters. The second kappa shape index (κ2) is 8.23. The fraction of sp³-hybridized carbons (Fsp3) is 0.182. The summed E-state index contributed by atoms with van der Waals surface area (Å²) in [6.07, 6.45) is -0.796. The molecule has 0 fully saturated rings. The molecule has 0 heterocycles. The van der Waals surface area contributed by atoms with Crippen LogP contribution in [0.5, 0.6) is 0 Å². The first-order chi connectivity index (χ1) is 12.9. The Morgan fingerprint density at radius 2 is 1.78 bits per heavy atom. The second-order valence-corrected chi connectivity index (χ2v) is 6.80. The third kappa shape index (κ3) is 4.66. The highest BCUT2D eigenvalue weighted by molar-refractivity contribution is 6.31. The Kier molecular flexibility index (Phi) is 5.77. The summed E-state index contributed by atoms with van der Waals surface area (Å²) in [5.74, 6) is -0.844. The maximum atomic E-state index is 12.3. The number of carbonyl (C=O) groups excluding carboxylic acids is 2. The molecule has 27 heavy (non-hydrogen) atoms. The lowest BCUT2D eigenvalue weighted by Crippen LogP contribution is -2.30. The van der Waals surface area contributed by atoms with E-state index in [-0.39, 0.29) is 6.42 Å². The van der Waals surface area contributed by atoms with Crippen LogP contribution in [-0.2, 0) is 20.7 Å². The molecule has 0 aliphatic heterocycles. The highest BCUT2D eigenvalue weighted by Gasteiger charge is 2.19. The predicted molar refractivity (Wildman–Crippen MR) is 108 cm³/mol. The van der Waals surface area contributed by atoms with Gasteiger partial charge in [-0.25, -0.2) is 0 Å². The van der Waals surface area contributed by atoms with Crippen molar-refractivity contribution in [1.29, 1.82) is 0 Å². The monoisotopic (exact) mass is 381 g/mol. The van der Waals surface area contributed by atoms with Crippen LogP contribution in [0.15, 0.2) is 60.7 Å². The van der Waals surface area contributed by atoms with Crippen LogP contribution >= 0.6 is 11.6 Å². The first-order valence-corrected chi connectivity index (χ1v) is 9.05. The Balaban J connectivity index is 1.60. The summed E-state index contributed by atoms with van der Waals surface area (Å²) < 4.78 is 5.29. The number of hydrogen-bond donors (Lipinski definition) is 1. The normalized spacial score (nSPS) is 11.8. The summed E-state index contributed by atoms with van der Waals surface area (Å²) in [6.45, 7) is 3.36. The maximum absolute atomic E-state index is 12.3. The zero-order chi connectivity index (χ0) is 19.4. The van der Waals surface area contributed by atoms with Gasteiger partial charge < -0.3 is 10.1 Å². The standard InChI is InChI=1S/C22H20ClNO3/c1-14-19(23)8-5-9-20(14)24-22(26)15(2)27-21(25)13-16-10-11-17-6-3-4-7-18(17)12-16/h3-12,15H,13H2,1-2H3,(H,24,26)/t15-/m1/s1. The van der Waals surface area contributed by atoms with Crippen molar-refractivity contribution >= 4 is 39.9 Å². The van der Waals surface area contributed by atoms with E-state index in [0.717, 1.165) is 21.9 Å². The summed E-state index contributed by atoms with van der Waals surface area (Å²) in [4.78, 5) is 24.5. The van der Waals surface area contributed by atoms with Gasteiger partial charge in [0.25, 0.3) is 5.91 Å². The Labute approximate surface area is 163 Å². The lowest BCUT2D eigenvalue weighted by atomic mass is 10.1. The number of halogens is 1. The zero-order valence-corrected chi connectivity index (χ0v) is 15.9. The van der Waals surface area contributed by atoms with Gasteiger partial charge in [0, 0.05) is 10.7 Å². The molecule has 4 nitrogen and oxygen atoms in total. The van der Waals surface area contributed by atoms with E-state index in [0.29, 0.717) is 10.7 Å². The topological polar surface area (TPSA) is 55.4 Å². The molecular weight excluding hydrogens is 362 g/mol. The molecule has 1 amide bonds. The highest BCUT2D eigenvalue weighted by atomic mass is 35.5. The number of hydrogen-bond acceptors (Lipinski definition) is 3. The molecule has 0 bridgehead atoms. The number of amides is 1. The van der Waals surface area contributed by atoms with E-state index in [1.807, 2.05) is 49.4 Å². The molecule has 0 saturated heterocycles. The first kappa shape index (κ1) is 18.9. The van der Waals surface area contributed by atoms with E-state index < -0.39 is 18.0 Å². The minimum atomic E-state index is -0.906. The van der Waals surface area contributed by atoms with E-state index in [9.17, 15) is 9.59 Å². The average Bonchev–Trinajstić information content (AvgIpc) is 2.65. The van der Waals surface area contributed by atoms with Crippen molar-refractivity contribution in [3.8, 4) is 0 Å². The largest absolute Gasteiger partial charge is 0.452 e. The van der Waals surface area contributed by atoms with Crippen LogP contribution in [0.1, 0.15) is 18.1 Å². The number of carbonyl (C=O) groups is 2. The molecular formula is C22H20ClNO3. The predicted octanol–water partition coefficient (Wildman–Crippen LogP) is 4.91. The molecule has 0 radical (unpaired) electrons. The van der Waals surface area contributed by atoms with Crippen LogP contribution in [0, 0.1) is 6.92 Å². The van der Waals surface area contributed by atoms with Crippen molar-refractivity contribution in [2.45, 2.75) is 26.4 Å². The molecule has 0 aromatic heterocycles. The molecule has 3 aromatic carbocycles. The molecule has 5 heteroatoms. The number of ether oxygens (including phenoxy) is 1. The Hall–Kier alpha value is -2.85. The Morgan fingerprint density at radius 3 is 2.56 bits per heavy atom. The fourth-order valence-corrected chi connectivity index (χ4v) is 2.96. The van der Waals surface area contributed by atoms with Crippen LogP contribution in [0.4, 0.5) is 5.69 Å². The van der Waals surface area contributed by atoms with Crippen LogP contribution in [-0.4, -0.2) is 18.0 Å². The quantitative estimate of drug-likeness (QED) is 0.638. The van der Waals surface area contributed by atoms with Crippen molar-refractivity contribution in [3.05, 3.63) is 76.8 Å². The van der Waals surface area contributed by atoms with Gasteiger partial charge in [-0.2, -0.15) is 0 Å². The summed E-state index contributed by atoms with van der Waals surface area (Å²) >= 11 is 6.06. The van der Waals surface area contributed by atoms with Gasteiger partial charge in [0.1, 0.15) is 0 Å². The minimum Gasteiger partial charge on any atom is -0.452 e. The van der Waals surface area contributed by atoms with Crippen molar-refractivity contribution in [2.75, 3.05) is 5.32 Å². The molecule has 0 aliphatic rings. The highest BCUT2D eigenvalue weighted by Crippen LogP contribution is 2.23. The lowest BCUT2D eigenvalue weighted by molar-refractivity contribution is -0.152. The van der Waals surface area contributed by atoms with Gasteiger partial charge >= 0.3 is 5.97 Å². The number of anilines is 1. The number of rotatable bonds is 5.